The van der Waals surface area contributed by atoms with E-state index in [9.17, 15) is 22.0 Å². The molecule has 0 fully saturated rings. The number of benzene rings is 3. The molecule has 29 heavy (non-hydrogen) atoms. The Morgan fingerprint density at radius 3 is 2.03 bits per heavy atom. The van der Waals surface area contributed by atoms with Crippen molar-refractivity contribution in [3.8, 4) is 0 Å². The van der Waals surface area contributed by atoms with Gasteiger partial charge in [-0.1, -0.05) is 24.3 Å². The van der Waals surface area contributed by atoms with Crippen LogP contribution in [-0.2, 0) is 10.0 Å². The summed E-state index contributed by atoms with van der Waals surface area (Å²) in [6, 6.07) is 17.0. The highest BCUT2D eigenvalue weighted by molar-refractivity contribution is 7.92. The topological polar surface area (TPSA) is 66.5 Å². The molecule has 0 spiro atoms. The highest BCUT2D eigenvalue weighted by Gasteiger charge is 2.23. The molecule has 0 saturated carbocycles. The van der Waals surface area contributed by atoms with E-state index >= 15 is 0 Å². The summed E-state index contributed by atoms with van der Waals surface area (Å²) in [6.07, 6.45) is 0. The van der Waals surface area contributed by atoms with Crippen LogP contribution in [0, 0.1) is 11.6 Å². The Hall–Kier alpha value is -3.26. The third-order valence-electron chi connectivity index (χ3n) is 4.24. The summed E-state index contributed by atoms with van der Waals surface area (Å²) in [5.74, 6) is -2.49. The zero-order chi connectivity index (χ0) is 21.0. The molecule has 1 amide bonds. The van der Waals surface area contributed by atoms with E-state index in [0.717, 1.165) is 12.1 Å². The normalized spacial score (nSPS) is 11.1. The van der Waals surface area contributed by atoms with E-state index in [2.05, 4.69) is 5.32 Å². The van der Waals surface area contributed by atoms with Gasteiger partial charge >= 0.3 is 0 Å². The number of nitrogens with one attached hydrogen (secondary N) is 1. The number of carbonyl (C=O) groups excluding carboxylic acids is 1. The molecule has 5 nitrogen and oxygen atoms in total. The molecular formula is C21H18F2N2O3S. The van der Waals surface area contributed by atoms with Crippen LogP contribution < -0.4 is 9.62 Å². The number of anilines is 2. The van der Waals surface area contributed by atoms with Gasteiger partial charge in [-0.3, -0.25) is 9.10 Å². The molecule has 0 radical (unpaired) electrons. The van der Waals surface area contributed by atoms with Crippen LogP contribution in [0.2, 0.25) is 0 Å². The van der Waals surface area contributed by atoms with E-state index in [0.29, 0.717) is 5.69 Å². The van der Waals surface area contributed by atoms with Crippen molar-refractivity contribution in [1.29, 1.82) is 0 Å². The Morgan fingerprint density at radius 1 is 0.897 bits per heavy atom. The summed E-state index contributed by atoms with van der Waals surface area (Å²) in [7, 11) is -3.76. The van der Waals surface area contributed by atoms with E-state index < -0.39 is 33.3 Å². The number of halogens is 2. The molecule has 0 atom stereocenters. The summed E-state index contributed by atoms with van der Waals surface area (Å²) in [5.41, 5.74) is -0.0436. The van der Waals surface area contributed by atoms with Crippen molar-refractivity contribution < 1.29 is 22.0 Å². The summed E-state index contributed by atoms with van der Waals surface area (Å²) in [6.45, 7) is 1.88. The molecule has 1 N–H and O–H groups in total. The van der Waals surface area contributed by atoms with Gasteiger partial charge in [-0.25, -0.2) is 17.2 Å². The molecule has 0 aliphatic heterocycles. The lowest BCUT2D eigenvalue weighted by molar-refractivity contribution is 0.102. The number of para-hydroxylation sites is 1. The van der Waals surface area contributed by atoms with Gasteiger partial charge in [0.15, 0.2) is 0 Å². The highest BCUT2D eigenvalue weighted by atomic mass is 32.2. The van der Waals surface area contributed by atoms with Gasteiger partial charge in [0.2, 0.25) is 0 Å². The molecule has 0 aliphatic rings. The maximum absolute atomic E-state index is 13.7. The first-order valence-corrected chi connectivity index (χ1v) is 10.2. The number of rotatable bonds is 6. The maximum Gasteiger partial charge on any atom is 0.264 e. The highest BCUT2D eigenvalue weighted by Crippen LogP contribution is 2.24. The van der Waals surface area contributed by atoms with Gasteiger partial charge < -0.3 is 5.32 Å². The fraction of sp³-hybridized carbons (Fsp3) is 0.0952. The van der Waals surface area contributed by atoms with Crippen LogP contribution >= 0.6 is 0 Å². The van der Waals surface area contributed by atoms with Gasteiger partial charge in [0, 0.05) is 12.1 Å². The Labute approximate surface area is 167 Å². The third kappa shape index (κ3) is 4.27. The second-order valence-electron chi connectivity index (χ2n) is 6.08. The predicted molar refractivity (Wildman–Crippen MR) is 107 cm³/mol. The molecule has 0 saturated heterocycles. The number of sulfonamides is 1. The van der Waals surface area contributed by atoms with Crippen LogP contribution in [0.5, 0.6) is 0 Å². The van der Waals surface area contributed by atoms with Crippen LogP contribution in [0.25, 0.3) is 0 Å². The molecule has 0 aromatic heterocycles. The van der Waals surface area contributed by atoms with Crippen LogP contribution in [-0.4, -0.2) is 20.9 Å². The van der Waals surface area contributed by atoms with Crippen molar-refractivity contribution in [2.75, 3.05) is 16.2 Å². The molecule has 0 bridgehead atoms. The van der Waals surface area contributed by atoms with Crippen molar-refractivity contribution in [3.05, 3.63) is 90.0 Å². The Kier molecular flexibility index (Phi) is 5.93. The van der Waals surface area contributed by atoms with Crippen LogP contribution in [0.4, 0.5) is 20.2 Å². The quantitative estimate of drug-likeness (QED) is 0.646. The van der Waals surface area contributed by atoms with Crippen LogP contribution in [0.1, 0.15) is 17.3 Å². The van der Waals surface area contributed by atoms with Crippen molar-refractivity contribution in [2.24, 2.45) is 0 Å². The average Bonchev–Trinajstić information content (AvgIpc) is 2.72. The SMILES string of the molecule is CCN(c1ccc(C(=O)Nc2c(F)cccc2F)cc1)S(=O)(=O)c1ccccc1. The van der Waals surface area contributed by atoms with E-state index in [-0.39, 0.29) is 17.0 Å². The minimum atomic E-state index is -3.76. The first-order chi connectivity index (χ1) is 13.8. The Bertz CT molecular complexity index is 1100. The summed E-state index contributed by atoms with van der Waals surface area (Å²) >= 11 is 0. The van der Waals surface area contributed by atoms with Gasteiger partial charge in [0.1, 0.15) is 17.3 Å². The largest absolute Gasteiger partial charge is 0.317 e. The molecular weight excluding hydrogens is 398 g/mol. The fourth-order valence-corrected chi connectivity index (χ4v) is 4.29. The molecule has 3 aromatic rings. The van der Waals surface area contributed by atoms with Crippen molar-refractivity contribution in [3.63, 3.8) is 0 Å². The number of amides is 1. The lowest BCUT2D eigenvalue weighted by Gasteiger charge is -2.23. The summed E-state index contributed by atoms with van der Waals surface area (Å²) in [4.78, 5) is 12.5. The number of carbonyl (C=O) groups is 1. The van der Waals surface area contributed by atoms with Crippen LogP contribution in [0.3, 0.4) is 0 Å². The van der Waals surface area contributed by atoms with E-state index in [4.69, 9.17) is 0 Å². The smallest absolute Gasteiger partial charge is 0.264 e. The monoisotopic (exact) mass is 416 g/mol. The molecule has 3 rings (SSSR count). The van der Waals surface area contributed by atoms with E-state index in [1.807, 2.05) is 0 Å². The maximum atomic E-state index is 13.7. The van der Waals surface area contributed by atoms with Crippen molar-refractivity contribution in [2.45, 2.75) is 11.8 Å². The summed E-state index contributed by atoms with van der Waals surface area (Å²) < 4.78 is 54.3. The fourth-order valence-electron chi connectivity index (χ4n) is 2.79. The van der Waals surface area contributed by atoms with E-state index in [1.165, 1.54) is 46.8 Å². The number of nitrogens with zero attached hydrogens (tertiary/aromatic N) is 1. The standard InChI is InChI=1S/C21H18F2N2O3S/c1-2-25(29(27,28)17-7-4-3-5-8-17)16-13-11-15(12-14-16)21(26)24-20-18(22)9-6-10-19(20)23/h3-14H,2H2,1H3,(H,24,26). The van der Waals surface area contributed by atoms with E-state index in [1.54, 1.807) is 25.1 Å². The van der Waals surface area contributed by atoms with Crippen LogP contribution in [0.15, 0.2) is 77.7 Å². The summed E-state index contributed by atoms with van der Waals surface area (Å²) in [5, 5.41) is 2.19. The zero-order valence-electron chi connectivity index (χ0n) is 15.5. The molecule has 8 heteroatoms. The molecule has 0 aliphatic carbocycles. The molecule has 150 valence electrons. The Balaban J connectivity index is 1.84. The van der Waals surface area contributed by atoms with Gasteiger partial charge in [0.05, 0.1) is 10.6 Å². The minimum Gasteiger partial charge on any atom is -0.317 e. The minimum absolute atomic E-state index is 0.129. The molecule has 3 aromatic carbocycles. The first kappa shape index (κ1) is 20.5. The molecule has 0 unspecified atom stereocenters. The number of hydrogen-bond acceptors (Lipinski definition) is 3. The lowest BCUT2D eigenvalue weighted by Crippen LogP contribution is -2.30. The zero-order valence-corrected chi connectivity index (χ0v) is 16.3. The predicted octanol–water partition coefficient (Wildman–Crippen LogP) is 4.43. The van der Waals surface area contributed by atoms with Crippen molar-refractivity contribution in [1.82, 2.24) is 0 Å². The molecule has 0 heterocycles. The van der Waals surface area contributed by atoms with Gasteiger partial charge in [-0.15, -0.1) is 0 Å². The van der Waals surface area contributed by atoms with Gasteiger partial charge in [0.25, 0.3) is 15.9 Å². The number of hydrogen-bond donors (Lipinski definition) is 1. The average molecular weight is 416 g/mol. The van der Waals surface area contributed by atoms with Gasteiger partial charge in [-0.05, 0) is 55.5 Å². The van der Waals surface area contributed by atoms with Gasteiger partial charge in [-0.2, -0.15) is 0 Å². The lowest BCUT2D eigenvalue weighted by atomic mass is 10.2. The second-order valence-corrected chi connectivity index (χ2v) is 7.94. The first-order valence-electron chi connectivity index (χ1n) is 8.78. The van der Waals surface area contributed by atoms with Crippen molar-refractivity contribution >= 4 is 27.3 Å². The third-order valence-corrected chi connectivity index (χ3v) is 6.15. The Morgan fingerprint density at radius 2 is 1.48 bits per heavy atom. The second kappa shape index (κ2) is 8.40.